The number of hydrogen-bond acceptors (Lipinski definition) is 2. The van der Waals surface area contributed by atoms with Crippen LogP contribution in [0.4, 0.5) is 0 Å². The van der Waals surface area contributed by atoms with E-state index < -0.39 is 10.8 Å². The normalized spacial score (nSPS) is 12.8. The maximum Gasteiger partial charge on any atom is 0.0486 e. The third-order valence-electron chi connectivity index (χ3n) is 1.59. The van der Waals surface area contributed by atoms with Gasteiger partial charge in [-0.15, -0.1) is 0 Å². The molecule has 1 atom stereocenters. The Balaban J connectivity index is 2.54. The molecule has 0 amide bonds. The zero-order chi connectivity index (χ0) is 9.68. The van der Waals surface area contributed by atoms with Gasteiger partial charge in [0.2, 0.25) is 0 Å². The molecule has 2 nitrogen and oxygen atoms in total. The topological polar surface area (TPSA) is 43.1 Å². The maximum atomic E-state index is 11.3. The molecular weight excluding hydrogens is 297 g/mol. The molecule has 1 rings (SSSR count). The van der Waals surface area contributed by atoms with Crippen molar-refractivity contribution >= 4 is 33.4 Å². The first-order chi connectivity index (χ1) is 6.22. The predicted octanol–water partition coefficient (Wildman–Crippen LogP) is 1.50. The molecule has 0 spiro atoms. The molecule has 0 bridgehead atoms. The molecule has 4 heteroatoms. The monoisotopic (exact) mass is 309 g/mol. The number of halogens is 1. The van der Waals surface area contributed by atoms with E-state index in [-0.39, 0.29) is 0 Å². The standard InChI is InChI=1S/C9H12INOS/c10-9-3-1-8(2-4-9)7-13(12)6-5-11/h1-4H,5-7,11H2/t13-/m0/s1. The summed E-state index contributed by atoms with van der Waals surface area (Å²) < 4.78 is 12.5. The Bertz CT molecular complexity index is 286. The summed E-state index contributed by atoms with van der Waals surface area (Å²) in [4.78, 5) is 0. The predicted molar refractivity (Wildman–Crippen MR) is 64.9 cm³/mol. The van der Waals surface area contributed by atoms with E-state index in [1.54, 1.807) is 0 Å². The minimum absolute atomic E-state index is 0.497. The van der Waals surface area contributed by atoms with Crippen LogP contribution in [-0.2, 0) is 16.6 Å². The average Bonchev–Trinajstić information content (AvgIpc) is 2.09. The molecule has 72 valence electrons. The molecular formula is C9H12INOS. The number of hydrogen-bond donors (Lipinski definition) is 1. The van der Waals surface area contributed by atoms with Gasteiger partial charge in [0.05, 0.1) is 0 Å². The summed E-state index contributed by atoms with van der Waals surface area (Å²) in [6.45, 7) is 0.497. The van der Waals surface area contributed by atoms with Crippen molar-refractivity contribution in [2.24, 2.45) is 5.73 Å². The van der Waals surface area contributed by atoms with Crippen LogP contribution < -0.4 is 5.73 Å². The van der Waals surface area contributed by atoms with Gasteiger partial charge in [0.1, 0.15) is 0 Å². The summed E-state index contributed by atoms with van der Waals surface area (Å²) in [5.41, 5.74) is 6.43. The third-order valence-corrected chi connectivity index (χ3v) is 3.65. The van der Waals surface area contributed by atoms with E-state index in [0.717, 1.165) is 5.56 Å². The van der Waals surface area contributed by atoms with Crippen molar-refractivity contribution in [2.75, 3.05) is 12.3 Å². The van der Waals surface area contributed by atoms with E-state index in [9.17, 15) is 4.21 Å². The zero-order valence-corrected chi connectivity index (χ0v) is 10.2. The summed E-state index contributed by atoms with van der Waals surface area (Å²) in [7, 11) is -0.805. The zero-order valence-electron chi connectivity index (χ0n) is 7.20. The second-order valence-electron chi connectivity index (χ2n) is 2.70. The minimum atomic E-state index is -0.805. The fraction of sp³-hybridized carbons (Fsp3) is 0.333. The molecule has 0 fully saturated rings. The second kappa shape index (κ2) is 5.72. The second-order valence-corrected chi connectivity index (χ2v) is 5.53. The molecule has 0 heterocycles. The summed E-state index contributed by atoms with van der Waals surface area (Å²) in [5, 5.41) is 0. The molecule has 0 aliphatic rings. The number of benzene rings is 1. The Morgan fingerprint density at radius 1 is 1.31 bits per heavy atom. The lowest BCUT2D eigenvalue weighted by atomic mass is 10.2. The van der Waals surface area contributed by atoms with Gasteiger partial charge in [-0.25, -0.2) is 0 Å². The van der Waals surface area contributed by atoms with Crippen LogP contribution in [0, 0.1) is 3.57 Å². The molecule has 0 radical (unpaired) electrons. The van der Waals surface area contributed by atoms with Gasteiger partial charge < -0.3 is 5.73 Å². The summed E-state index contributed by atoms with van der Waals surface area (Å²) in [5.74, 6) is 1.21. The van der Waals surface area contributed by atoms with E-state index >= 15 is 0 Å². The van der Waals surface area contributed by atoms with E-state index in [1.807, 2.05) is 24.3 Å². The molecule has 2 N–H and O–H groups in total. The molecule has 0 aromatic heterocycles. The Morgan fingerprint density at radius 3 is 2.46 bits per heavy atom. The average molecular weight is 309 g/mol. The Morgan fingerprint density at radius 2 is 1.92 bits per heavy atom. The highest BCUT2D eigenvalue weighted by molar-refractivity contribution is 14.1. The highest BCUT2D eigenvalue weighted by atomic mass is 127. The lowest BCUT2D eigenvalue weighted by Gasteiger charge is -2.00. The van der Waals surface area contributed by atoms with Crippen molar-refractivity contribution in [3.05, 3.63) is 33.4 Å². The molecule has 0 aliphatic heterocycles. The summed E-state index contributed by atoms with van der Waals surface area (Å²) in [6.07, 6.45) is 0. The van der Waals surface area contributed by atoms with Crippen LogP contribution in [0.15, 0.2) is 24.3 Å². The Labute approximate surface area is 94.5 Å². The quantitative estimate of drug-likeness (QED) is 0.857. The van der Waals surface area contributed by atoms with Gasteiger partial charge in [0.25, 0.3) is 0 Å². The van der Waals surface area contributed by atoms with Crippen molar-refractivity contribution < 1.29 is 4.21 Å². The number of rotatable bonds is 4. The first kappa shape index (κ1) is 11.1. The van der Waals surface area contributed by atoms with Gasteiger partial charge >= 0.3 is 0 Å². The van der Waals surface area contributed by atoms with Crippen molar-refractivity contribution in [1.29, 1.82) is 0 Å². The van der Waals surface area contributed by atoms with Gasteiger partial charge in [-0.05, 0) is 40.3 Å². The molecule has 1 aromatic rings. The van der Waals surface area contributed by atoms with Crippen LogP contribution in [0.3, 0.4) is 0 Å². The Hall–Kier alpha value is 0.0600. The van der Waals surface area contributed by atoms with Crippen molar-refractivity contribution in [3.63, 3.8) is 0 Å². The van der Waals surface area contributed by atoms with E-state index in [1.165, 1.54) is 3.57 Å². The van der Waals surface area contributed by atoms with Crippen molar-refractivity contribution in [1.82, 2.24) is 0 Å². The summed E-state index contributed by atoms with van der Waals surface area (Å²) in [6, 6.07) is 8.07. The van der Waals surface area contributed by atoms with Crippen LogP contribution in [0.1, 0.15) is 5.56 Å². The maximum absolute atomic E-state index is 11.3. The van der Waals surface area contributed by atoms with Crippen molar-refractivity contribution in [2.45, 2.75) is 5.75 Å². The number of nitrogens with two attached hydrogens (primary N) is 1. The third kappa shape index (κ3) is 4.19. The van der Waals surface area contributed by atoms with Crippen LogP contribution >= 0.6 is 22.6 Å². The lowest BCUT2D eigenvalue weighted by molar-refractivity contribution is 0.682. The fourth-order valence-corrected chi connectivity index (χ4v) is 2.30. The van der Waals surface area contributed by atoms with Crippen LogP contribution in [-0.4, -0.2) is 16.5 Å². The fourth-order valence-electron chi connectivity index (χ4n) is 0.970. The van der Waals surface area contributed by atoms with Gasteiger partial charge in [0.15, 0.2) is 0 Å². The summed E-state index contributed by atoms with van der Waals surface area (Å²) >= 11 is 2.25. The van der Waals surface area contributed by atoms with Gasteiger partial charge in [-0.2, -0.15) is 0 Å². The SMILES string of the molecule is NCC[S@](=O)Cc1ccc(I)cc1. The lowest BCUT2D eigenvalue weighted by Crippen LogP contribution is -2.11. The Kier molecular flexibility index (Phi) is 4.90. The first-order valence-electron chi connectivity index (χ1n) is 4.02. The molecule has 0 unspecified atom stereocenters. The van der Waals surface area contributed by atoms with E-state index in [2.05, 4.69) is 22.6 Å². The van der Waals surface area contributed by atoms with Crippen molar-refractivity contribution in [3.8, 4) is 0 Å². The smallest absolute Gasteiger partial charge is 0.0486 e. The first-order valence-corrected chi connectivity index (χ1v) is 6.58. The minimum Gasteiger partial charge on any atom is -0.330 e. The molecule has 13 heavy (non-hydrogen) atoms. The van der Waals surface area contributed by atoms with Crippen LogP contribution in [0.2, 0.25) is 0 Å². The molecule has 0 aliphatic carbocycles. The van der Waals surface area contributed by atoms with Gasteiger partial charge in [-0.1, -0.05) is 12.1 Å². The largest absolute Gasteiger partial charge is 0.330 e. The highest BCUT2D eigenvalue weighted by Crippen LogP contribution is 2.08. The van der Waals surface area contributed by atoms with E-state index in [4.69, 9.17) is 5.73 Å². The molecule has 0 saturated carbocycles. The van der Waals surface area contributed by atoms with Crippen LogP contribution in [0.25, 0.3) is 0 Å². The van der Waals surface area contributed by atoms with Gasteiger partial charge in [0, 0.05) is 32.4 Å². The molecule has 0 saturated heterocycles. The van der Waals surface area contributed by atoms with Gasteiger partial charge in [-0.3, -0.25) is 4.21 Å². The van der Waals surface area contributed by atoms with Crippen LogP contribution in [0.5, 0.6) is 0 Å². The highest BCUT2D eigenvalue weighted by Gasteiger charge is 1.99. The van der Waals surface area contributed by atoms with E-state index in [0.29, 0.717) is 18.1 Å². The molecule has 1 aromatic carbocycles.